The van der Waals surface area contributed by atoms with Crippen molar-refractivity contribution >= 4 is 28.6 Å². The maximum absolute atomic E-state index is 11.0. The highest BCUT2D eigenvalue weighted by molar-refractivity contribution is 7.98. The van der Waals surface area contributed by atoms with Crippen molar-refractivity contribution in [3.05, 3.63) is 59.7 Å². The van der Waals surface area contributed by atoms with E-state index in [-0.39, 0.29) is 0 Å². The predicted octanol–water partition coefficient (Wildman–Crippen LogP) is 4.19. The molecule has 2 aliphatic rings. The second kappa shape index (κ2) is 10.1. The Morgan fingerprint density at radius 3 is 2.68 bits per heavy atom. The highest BCUT2D eigenvalue weighted by atomic mass is 32.2. The minimum Gasteiger partial charge on any atom is -0.387 e. The fraction of sp³-hybridized carbons (Fsp3) is 0.444. The molecule has 4 aromatic rings. The number of thioether (sulfide) groups is 1. The van der Waals surface area contributed by atoms with Crippen molar-refractivity contribution in [2.45, 2.75) is 68.8 Å². The normalized spacial score (nSPS) is 24.4. The first kappa shape index (κ1) is 24.4. The van der Waals surface area contributed by atoms with Gasteiger partial charge in [-0.25, -0.2) is 9.97 Å². The average Bonchev–Trinajstić information content (AvgIpc) is 3.69. The molecule has 1 saturated heterocycles. The lowest BCUT2D eigenvalue weighted by molar-refractivity contribution is -0.0286. The molecule has 1 saturated carbocycles. The number of nitrogen functional groups attached to an aromatic ring is 1. The van der Waals surface area contributed by atoms with Crippen LogP contribution in [-0.2, 0) is 10.5 Å². The monoisotopic (exact) mass is 521 g/mol. The zero-order valence-corrected chi connectivity index (χ0v) is 21.5. The van der Waals surface area contributed by atoms with Gasteiger partial charge in [0.15, 0.2) is 12.0 Å². The summed E-state index contributed by atoms with van der Waals surface area (Å²) in [4.78, 5) is 8.70. The summed E-state index contributed by atoms with van der Waals surface area (Å²) in [6, 6.07) is 9.89. The van der Waals surface area contributed by atoms with Gasteiger partial charge >= 0.3 is 0 Å². The molecule has 0 radical (unpaired) electrons. The van der Waals surface area contributed by atoms with Gasteiger partial charge in [0.2, 0.25) is 0 Å². The highest BCUT2D eigenvalue weighted by Crippen LogP contribution is 2.42. The van der Waals surface area contributed by atoms with E-state index in [1.807, 2.05) is 48.0 Å². The Bertz CT molecular complexity index is 1380. The summed E-state index contributed by atoms with van der Waals surface area (Å²) >= 11 is 1.61. The number of aliphatic hydroxyl groups is 2. The quantitative estimate of drug-likeness (QED) is 0.327. The molecule has 194 valence electrons. The van der Waals surface area contributed by atoms with Crippen LogP contribution in [-0.4, -0.2) is 54.0 Å². The lowest BCUT2D eigenvalue weighted by Crippen LogP contribution is -2.32. The number of aromatic nitrogens is 4. The number of benzene rings is 1. The van der Waals surface area contributed by atoms with E-state index in [0.717, 1.165) is 46.4 Å². The Balaban J connectivity index is 1.20. The lowest BCUT2D eigenvalue weighted by atomic mass is 9.98. The summed E-state index contributed by atoms with van der Waals surface area (Å²) in [5.41, 5.74) is 10.8. The number of fused-ring (bicyclic) bond motifs is 1. The summed E-state index contributed by atoms with van der Waals surface area (Å²) in [5.74, 6) is 2.72. The molecular weight excluding hydrogens is 490 g/mol. The smallest absolute Gasteiger partial charge is 0.171 e. The molecule has 9 nitrogen and oxygen atoms in total. The van der Waals surface area contributed by atoms with Crippen molar-refractivity contribution in [3.63, 3.8) is 0 Å². The molecule has 6 rings (SSSR count). The van der Waals surface area contributed by atoms with Crippen LogP contribution in [0.1, 0.15) is 54.6 Å². The SMILES string of the molecule is Cc1noc(-c2ccccc2)c1CSC[C@H]1O[C@@H](n2cc(C3CCCC3)c3c(N)ncnc32)[C@H](O)[C@@H]1O. The molecule has 4 heterocycles. The molecule has 0 amide bonds. The van der Waals surface area contributed by atoms with Crippen molar-refractivity contribution in [1.82, 2.24) is 19.7 Å². The fourth-order valence-corrected chi connectivity index (χ4v) is 6.80. The average molecular weight is 522 g/mol. The summed E-state index contributed by atoms with van der Waals surface area (Å²) in [7, 11) is 0. The number of aryl methyl sites for hydroxylation is 1. The van der Waals surface area contributed by atoms with Gasteiger partial charge < -0.3 is 29.8 Å². The summed E-state index contributed by atoms with van der Waals surface area (Å²) in [5, 5.41) is 26.9. The third kappa shape index (κ3) is 4.41. The first-order valence-corrected chi connectivity index (χ1v) is 13.9. The van der Waals surface area contributed by atoms with Gasteiger partial charge in [-0.15, -0.1) is 0 Å². The molecule has 3 aromatic heterocycles. The van der Waals surface area contributed by atoms with Crippen LogP contribution in [0.3, 0.4) is 0 Å². The van der Waals surface area contributed by atoms with E-state index in [2.05, 4.69) is 15.1 Å². The largest absolute Gasteiger partial charge is 0.387 e. The molecule has 37 heavy (non-hydrogen) atoms. The molecule has 0 bridgehead atoms. The predicted molar refractivity (Wildman–Crippen MR) is 142 cm³/mol. The minimum atomic E-state index is -1.09. The van der Waals surface area contributed by atoms with E-state index in [1.165, 1.54) is 19.2 Å². The van der Waals surface area contributed by atoms with Crippen LogP contribution in [0.5, 0.6) is 0 Å². The molecule has 1 aliphatic carbocycles. The van der Waals surface area contributed by atoms with Gasteiger partial charge in [0.05, 0.1) is 17.2 Å². The van der Waals surface area contributed by atoms with Gasteiger partial charge in [-0.05, 0) is 31.2 Å². The highest BCUT2D eigenvalue weighted by Gasteiger charge is 2.44. The molecular formula is C27H31N5O4S. The molecule has 10 heteroatoms. The molecule has 1 aliphatic heterocycles. The van der Waals surface area contributed by atoms with Crippen LogP contribution < -0.4 is 5.73 Å². The van der Waals surface area contributed by atoms with E-state index in [0.29, 0.717) is 28.9 Å². The molecule has 1 aromatic carbocycles. The summed E-state index contributed by atoms with van der Waals surface area (Å²) < 4.78 is 13.7. The summed E-state index contributed by atoms with van der Waals surface area (Å²) in [6.45, 7) is 1.93. The maximum Gasteiger partial charge on any atom is 0.171 e. The van der Waals surface area contributed by atoms with Crippen molar-refractivity contribution in [1.29, 1.82) is 0 Å². The van der Waals surface area contributed by atoms with Crippen molar-refractivity contribution in [2.75, 3.05) is 11.5 Å². The van der Waals surface area contributed by atoms with Gasteiger partial charge in [-0.2, -0.15) is 11.8 Å². The number of nitrogens with two attached hydrogens (primary N) is 1. The zero-order valence-electron chi connectivity index (χ0n) is 20.7. The molecule has 4 N–H and O–H groups in total. The molecule has 2 fully saturated rings. The second-order valence-electron chi connectivity index (χ2n) is 9.93. The van der Waals surface area contributed by atoms with Crippen LogP contribution >= 0.6 is 11.8 Å². The lowest BCUT2D eigenvalue weighted by Gasteiger charge is -2.17. The standard InChI is InChI=1S/C27H31N5O4S/c1-15-19(24(36-31-15)17-9-3-2-4-10-17)12-37-13-20-22(33)23(34)27(35-20)32-11-18(16-7-5-6-8-16)21-25(28)29-14-30-26(21)32/h2-4,9-11,14,16,20,22-23,27,33-34H,5-8,12-13H2,1H3,(H2,28,29,30)/t20-,22-,23-,27-/m1/s1. The van der Waals surface area contributed by atoms with Gasteiger partial charge in [0.1, 0.15) is 30.0 Å². The van der Waals surface area contributed by atoms with E-state index in [1.54, 1.807) is 11.8 Å². The Labute approximate surface area is 219 Å². The number of hydrogen-bond acceptors (Lipinski definition) is 9. The van der Waals surface area contributed by atoms with Crippen LogP contribution in [0.4, 0.5) is 5.82 Å². The topological polar surface area (TPSA) is 132 Å². The number of rotatable bonds is 7. The second-order valence-corrected chi connectivity index (χ2v) is 11.0. The van der Waals surface area contributed by atoms with Crippen molar-refractivity contribution < 1.29 is 19.5 Å². The van der Waals surface area contributed by atoms with Gasteiger partial charge in [-0.1, -0.05) is 48.3 Å². The first-order chi connectivity index (χ1) is 18.0. The van der Waals surface area contributed by atoms with Crippen molar-refractivity contribution in [2.24, 2.45) is 0 Å². The summed E-state index contributed by atoms with van der Waals surface area (Å²) in [6.07, 6.45) is 4.56. The zero-order chi connectivity index (χ0) is 25.5. The Hall–Kier alpha value is -2.92. The Morgan fingerprint density at radius 2 is 1.89 bits per heavy atom. The van der Waals surface area contributed by atoms with E-state index in [9.17, 15) is 10.2 Å². The Morgan fingerprint density at radius 1 is 1.11 bits per heavy atom. The van der Waals surface area contributed by atoms with E-state index < -0.39 is 24.5 Å². The van der Waals surface area contributed by atoms with Gasteiger partial charge in [0.25, 0.3) is 0 Å². The maximum atomic E-state index is 11.0. The number of nitrogens with zero attached hydrogens (tertiary/aromatic N) is 4. The van der Waals surface area contributed by atoms with E-state index >= 15 is 0 Å². The van der Waals surface area contributed by atoms with Gasteiger partial charge in [0, 0.05) is 28.8 Å². The number of anilines is 1. The van der Waals surface area contributed by atoms with Crippen molar-refractivity contribution in [3.8, 4) is 11.3 Å². The van der Waals surface area contributed by atoms with Crippen LogP contribution in [0, 0.1) is 6.92 Å². The molecule has 0 spiro atoms. The number of ether oxygens (including phenoxy) is 1. The van der Waals surface area contributed by atoms with E-state index in [4.69, 9.17) is 15.0 Å². The molecule has 4 atom stereocenters. The Kier molecular flexibility index (Phi) is 6.66. The van der Waals surface area contributed by atoms with Gasteiger partial charge in [-0.3, -0.25) is 0 Å². The third-order valence-electron chi connectivity index (χ3n) is 7.62. The van der Waals surface area contributed by atoms with Crippen LogP contribution in [0.25, 0.3) is 22.4 Å². The first-order valence-electron chi connectivity index (χ1n) is 12.7. The molecule has 0 unspecified atom stereocenters. The fourth-order valence-electron chi connectivity index (χ4n) is 5.63. The number of aliphatic hydroxyl groups excluding tert-OH is 2. The minimum absolute atomic E-state index is 0.387. The number of hydrogen-bond donors (Lipinski definition) is 3. The van der Waals surface area contributed by atoms with Crippen LogP contribution in [0.2, 0.25) is 0 Å². The van der Waals surface area contributed by atoms with Crippen LogP contribution in [0.15, 0.2) is 47.4 Å². The third-order valence-corrected chi connectivity index (χ3v) is 8.68.